The Balaban J connectivity index is 3.50. The highest BCUT2D eigenvalue weighted by Crippen LogP contribution is 2.10. The largest absolute Gasteiger partial charge is 0.411 e. The summed E-state index contributed by atoms with van der Waals surface area (Å²) in [4.78, 5) is 0. The summed E-state index contributed by atoms with van der Waals surface area (Å²) in [5, 5.41) is 11.3. The summed E-state index contributed by atoms with van der Waals surface area (Å²) in [6, 6.07) is 0. The van der Waals surface area contributed by atoms with Gasteiger partial charge < -0.3 is 5.21 Å². The maximum atomic E-state index is 8.26. The number of hydrogen-bond acceptors (Lipinski definition) is 2. The Bertz CT molecular complexity index is 85.3. The number of nitrogens with zero attached hydrogens (tertiary/aromatic N) is 1. The van der Waals surface area contributed by atoms with E-state index < -0.39 is 0 Å². The minimum atomic E-state index is 0.486. The topological polar surface area (TPSA) is 32.6 Å². The third-order valence-electron chi connectivity index (χ3n) is 1.60. The Labute approximate surface area is 62.9 Å². The number of hydrogen-bond donors (Lipinski definition) is 1. The Morgan fingerprint density at radius 1 is 1.30 bits per heavy atom. The highest BCUT2D eigenvalue weighted by atomic mass is 16.4. The SMILES string of the molecule is CCCC(C=NO)CCC. The van der Waals surface area contributed by atoms with Gasteiger partial charge in [0, 0.05) is 6.21 Å². The van der Waals surface area contributed by atoms with E-state index in [0.717, 1.165) is 25.7 Å². The van der Waals surface area contributed by atoms with Gasteiger partial charge in [-0.25, -0.2) is 0 Å². The van der Waals surface area contributed by atoms with E-state index in [4.69, 9.17) is 5.21 Å². The summed E-state index contributed by atoms with van der Waals surface area (Å²) >= 11 is 0. The molecule has 0 amide bonds. The van der Waals surface area contributed by atoms with Crippen molar-refractivity contribution in [1.29, 1.82) is 0 Å². The molecule has 0 atom stereocenters. The summed E-state index contributed by atoms with van der Waals surface area (Å²) in [6.45, 7) is 4.29. The molecule has 0 rings (SSSR count). The molecule has 10 heavy (non-hydrogen) atoms. The van der Waals surface area contributed by atoms with Gasteiger partial charge in [-0.05, 0) is 18.8 Å². The first-order chi connectivity index (χ1) is 4.85. The fourth-order valence-corrected chi connectivity index (χ4v) is 1.13. The average Bonchev–Trinajstić information content (AvgIpc) is 1.90. The molecule has 0 aromatic rings. The van der Waals surface area contributed by atoms with Crippen molar-refractivity contribution in [2.24, 2.45) is 11.1 Å². The fraction of sp³-hybridized carbons (Fsp3) is 0.875. The molecule has 60 valence electrons. The average molecular weight is 143 g/mol. The van der Waals surface area contributed by atoms with Crippen LogP contribution in [0.3, 0.4) is 0 Å². The smallest absolute Gasteiger partial charge is 0.0466 e. The third kappa shape index (κ3) is 4.36. The van der Waals surface area contributed by atoms with Crippen molar-refractivity contribution in [2.75, 3.05) is 0 Å². The molecular formula is C8H17NO. The van der Waals surface area contributed by atoms with E-state index in [0.29, 0.717) is 5.92 Å². The summed E-state index contributed by atoms with van der Waals surface area (Å²) < 4.78 is 0. The maximum Gasteiger partial charge on any atom is 0.0466 e. The Morgan fingerprint density at radius 2 is 1.80 bits per heavy atom. The zero-order valence-corrected chi connectivity index (χ0v) is 6.88. The van der Waals surface area contributed by atoms with E-state index in [1.165, 1.54) is 0 Å². The van der Waals surface area contributed by atoms with Crippen LogP contribution in [0.25, 0.3) is 0 Å². The second kappa shape index (κ2) is 6.59. The minimum absolute atomic E-state index is 0.486. The second-order valence-corrected chi connectivity index (χ2v) is 2.60. The van der Waals surface area contributed by atoms with Crippen LogP contribution in [0.2, 0.25) is 0 Å². The molecule has 2 heteroatoms. The van der Waals surface area contributed by atoms with Crippen LogP contribution in [0.5, 0.6) is 0 Å². The lowest BCUT2D eigenvalue weighted by atomic mass is 10.0. The van der Waals surface area contributed by atoms with Crippen molar-refractivity contribution < 1.29 is 5.21 Å². The highest BCUT2D eigenvalue weighted by molar-refractivity contribution is 5.59. The van der Waals surface area contributed by atoms with Gasteiger partial charge in [0.1, 0.15) is 0 Å². The van der Waals surface area contributed by atoms with Gasteiger partial charge in [0.25, 0.3) is 0 Å². The Kier molecular flexibility index (Phi) is 6.24. The van der Waals surface area contributed by atoms with Gasteiger partial charge in [0.05, 0.1) is 0 Å². The summed E-state index contributed by atoms with van der Waals surface area (Å²) in [5.41, 5.74) is 0. The monoisotopic (exact) mass is 143 g/mol. The van der Waals surface area contributed by atoms with E-state index >= 15 is 0 Å². The van der Waals surface area contributed by atoms with Crippen LogP contribution in [0, 0.1) is 5.92 Å². The molecule has 0 aliphatic heterocycles. The molecule has 0 radical (unpaired) electrons. The second-order valence-electron chi connectivity index (χ2n) is 2.60. The Morgan fingerprint density at radius 3 is 2.10 bits per heavy atom. The van der Waals surface area contributed by atoms with Gasteiger partial charge >= 0.3 is 0 Å². The Hall–Kier alpha value is -0.530. The summed E-state index contributed by atoms with van der Waals surface area (Å²) in [5.74, 6) is 0.486. The van der Waals surface area contributed by atoms with Crippen LogP contribution in [0.15, 0.2) is 5.16 Å². The molecule has 0 aliphatic rings. The predicted molar refractivity (Wildman–Crippen MR) is 43.6 cm³/mol. The van der Waals surface area contributed by atoms with E-state index in [2.05, 4.69) is 19.0 Å². The molecule has 0 aliphatic carbocycles. The van der Waals surface area contributed by atoms with Crippen molar-refractivity contribution in [3.63, 3.8) is 0 Å². The number of rotatable bonds is 5. The van der Waals surface area contributed by atoms with Crippen molar-refractivity contribution in [3.05, 3.63) is 0 Å². The lowest BCUT2D eigenvalue weighted by molar-refractivity contribution is 0.317. The third-order valence-corrected chi connectivity index (χ3v) is 1.60. The lowest BCUT2D eigenvalue weighted by Gasteiger charge is -2.06. The molecular weight excluding hydrogens is 126 g/mol. The molecule has 0 fully saturated rings. The quantitative estimate of drug-likeness (QED) is 0.358. The van der Waals surface area contributed by atoms with Crippen molar-refractivity contribution in [3.8, 4) is 0 Å². The molecule has 1 N–H and O–H groups in total. The van der Waals surface area contributed by atoms with Gasteiger partial charge in [-0.1, -0.05) is 26.7 Å². The minimum Gasteiger partial charge on any atom is -0.411 e. The first-order valence-electron chi connectivity index (χ1n) is 4.02. The molecule has 0 heterocycles. The van der Waals surface area contributed by atoms with Crippen LogP contribution in [-0.2, 0) is 0 Å². The molecule has 0 saturated carbocycles. The first kappa shape index (κ1) is 9.47. The van der Waals surface area contributed by atoms with Crippen molar-refractivity contribution >= 4 is 6.21 Å². The van der Waals surface area contributed by atoms with Crippen LogP contribution < -0.4 is 0 Å². The van der Waals surface area contributed by atoms with Gasteiger partial charge in [-0.15, -0.1) is 5.16 Å². The van der Waals surface area contributed by atoms with Gasteiger partial charge in [-0.3, -0.25) is 0 Å². The maximum absolute atomic E-state index is 8.26. The zero-order valence-electron chi connectivity index (χ0n) is 6.88. The summed E-state index contributed by atoms with van der Waals surface area (Å²) in [7, 11) is 0. The van der Waals surface area contributed by atoms with E-state index in [-0.39, 0.29) is 0 Å². The number of oxime groups is 1. The highest BCUT2D eigenvalue weighted by Gasteiger charge is 2.01. The van der Waals surface area contributed by atoms with Crippen LogP contribution >= 0.6 is 0 Å². The van der Waals surface area contributed by atoms with Crippen LogP contribution in [-0.4, -0.2) is 11.4 Å². The lowest BCUT2D eigenvalue weighted by Crippen LogP contribution is -2.00. The van der Waals surface area contributed by atoms with Crippen molar-refractivity contribution in [2.45, 2.75) is 39.5 Å². The van der Waals surface area contributed by atoms with Crippen LogP contribution in [0.1, 0.15) is 39.5 Å². The first-order valence-corrected chi connectivity index (χ1v) is 4.02. The normalized spacial score (nSPS) is 11.5. The fourth-order valence-electron chi connectivity index (χ4n) is 1.13. The van der Waals surface area contributed by atoms with E-state index in [1.54, 1.807) is 6.21 Å². The van der Waals surface area contributed by atoms with E-state index in [9.17, 15) is 0 Å². The molecule has 0 spiro atoms. The molecule has 2 nitrogen and oxygen atoms in total. The molecule has 0 bridgehead atoms. The van der Waals surface area contributed by atoms with Gasteiger partial charge in [-0.2, -0.15) is 0 Å². The molecule has 0 unspecified atom stereocenters. The van der Waals surface area contributed by atoms with Crippen LogP contribution in [0.4, 0.5) is 0 Å². The summed E-state index contributed by atoms with van der Waals surface area (Å²) in [6.07, 6.45) is 6.25. The van der Waals surface area contributed by atoms with Gasteiger partial charge in [0.2, 0.25) is 0 Å². The molecule has 0 aromatic heterocycles. The molecule has 0 saturated heterocycles. The zero-order chi connectivity index (χ0) is 7.82. The standard InChI is InChI=1S/C8H17NO/c1-3-5-8(6-4-2)7-9-10/h7-8,10H,3-6H2,1-2H3. The van der Waals surface area contributed by atoms with E-state index in [1.807, 2.05) is 0 Å². The molecule has 0 aromatic carbocycles. The van der Waals surface area contributed by atoms with Gasteiger partial charge in [0.15, 0.2) is 0 Å². The predicted octanol–water partition coefficient (Wildman–Crippen LogP) is 2.66. The van der Waals surface area contributed by atoms with Crippen molar-refractivity contribution in [1.82, 2.24) is 0 Å².